The summed E-state index contributed by atoms with van der Waals surface area (Å²) in [6.45, 7) is 16.3. The van der Waals surface area contributed by atoms with E-state index in [1.54, 1.807) is 6.08 Å². The highest BCUT2D eigenvalue weighted by molar-refractivity contribution is 5.83. The molecule has 0 aromatic heterocycles. The Balaban J connectivity index is 2.07. The number of hydrogen-bond donors (Lipinski definition) is 0. The summed E-state index contributed by atoms with van der Waals surface area (Å²) < 4.78 is 5.01. The Morgan fingerprint density at radius 1 is 1.07 bits per heavy atom. The molecule has 27 heavy (non-hydrogen) atoms. The van der Waals surface area contributed by atoms with Crippen molar-refractivity contribution < 1.29 is 9.53 Å². The van der Waals surface area contributed by atoms with Gasteiger partial charge in [0.25, 0.3) is 0 Å². The lowest BCUT2D eigenvalue weighted by atomic mass is 9.63. The molecule has 0 saturated heterocycles. The lowest BCUT2D eigenvalue weighted by Gasteiger charge is -2.42. The van der Waals surface area contributed by atoms with E-state index >= 15 is 0 Å². The Hall–Kier alpha value is -1.05. The molecule has 2 heteroatoms. The van der Waals surface area contributed by atoms with Crippen molar-refractivity contribution in [3.8, 4) is 0 Å². The lowest BCUT2D eigenvalue weighted by Crippen LogP contribution is -2.33. The van der Waals surface area contributed by atoms with Gasteiger partial charge in [-0.15, -0.1) is 0 Å². The maximum absolute atomic E-state index is 11.6. The van der Waals surface area contributed by atoms with E-state index in [1.165, 1.54) is 32.1 Å². The fourth-order valence-corrected chi connectivity index (χ4v) is 5.43. The minimum Gasteiger partial charge on any atom is -0.463 e. The molecule has 2 nitrogen and oxygen atoms in total. The number of rotatable bonds is 8. The first kappa shape index (κ1) is 22.2. The highest BCUT2D eigenvalue weighted by atomic mass is 16.5. The third-order valence-electron chi connectivity index (χ3n) is 7.54. The molecule has 2 saturated carbocycles. The van der Waals surface area contributed by atoms with Crippen LogP contribution in [-0.4, -0.2) is 12.6 Å². The van der Waals surface area contributed by atoms with E-state index in [0.717, 1.165) is 35.2 Å². The zero-order valence-electron chi connectivity index (χ0n) is 18.8. The van der Waals surface area contributed by atoms with Crippen LogP contribution in [0.15, 0.2) is 23.8 Å². The number of carbonyl (C=O) groups is 1. The molecule has 0 radical (unpaired) electrons. The molecule has 4 unspecified atom stereocenters. The normalized spacial score (nSPS) is 34.5. The van der Waals surface area contributed by atoms with E-state index in [2.05, 4.69) is 46.8 Å². The molecule has 2 aliphatic carbocycles. The molecular formula is C25H42O2. The van der Waals surface area contributed by atoms with Gasteiger partial charge in [-0.2, -0.15) is 0 Å². The molecule has 0 amide bonds. The molecule has 2 aliphatic rings. The van der Waals surface area contributed by atoms with Crippen LogP contribution in [0.4, 0.5) is 0 Å². The molecule has 2 rings (SSSR count). The minimum atomic E-state index is -0.232. The predicted molar refractivity (Wildman–Crippen MR) is 114 cm³/mol. The van der Waals surface area contributed by atoms with Gasteiger partial charge in [0.2, 0.25) is 0 Å². The smallest absolute Gasteiger partial charge is 0.330 e. The van der Waals surface area contributed by atoms with Gasteiger partial charge < -0.3 is 4.74 Å². The number of ether oxygens (including phenoxy) is 1. The number of hydrogen-bond acceptors (Lipinski definition) is 2. The number of carbonyl (C=O) groups excluding carboxylic acids is 1. The molecule has 0 aliphatic heterocycles. The molecule has 0 bridgehead atoms. The van der Waals surface area contributed by atoms with Crippen molar-refractivity contribution in [2.24, 2.45) is 40.9 Å². The van der Waals surface area contributed by atoms with Crippen LogP contribution in [0.1, 0.15) is 80.6 Å². The zero-order valence-corrected chi connectivity index (χ0v) is 18.8. The van der Waals surface area contributed by atoms with Crippen molar-refractivity contribution >= 4 is 5.97 Å². The maximum atomic E-state index is 11.6. The first-order chi connectivity index (χ1) is 12.7. The Morgan fingerprint density at radius 2 is 1.67 bits per heavy atom. The van der Waals surface area contributed by atoms with Crippen LogP contribution >= 0.6 is 0 Å². The van der Waals surface area contributed by atoms with Crippen molar-refractivity contribution in [3.63, 3.8) is 0 Å². The SMILES string of the molecule is CCOC(=O)/C=C(C)/C=C/C1CC1(CC)C1CC(C(C)C)CC(C(C)C)C1. The highest BCUT2D eigenvalue weighted by Gasteiger charge is 2.57. The van der Waals surface area contributed by atoms with Crippen LogP contribution in [0.25, 0.3) is 0 Å². The molecule has 0 N–H and O–H groups in total. The van der Waals surface area contributed by atoms with Crippen molar-refractivity contribution in [3.05, 3.63) is 23.8 Å². The first-order valence-electron chi connectivity index (χ1n) is 11.3. The Labute approximate surface area is 167 Å². The molecule has 4 atom stereocenters. The van der Waals surface area contributed by atoms with Gasteiger partial charge in [-0.05, 0) is 92.4 Å². The molecule has 2 fully saturated rings. The summed E-state index contributed by atoms with van der Waals surface area (Å²) in [6.07, 6.45) is 13.0. The summed E-state index contributed by atoms with van der Waals surface area (Å²) in [5.41, 5.74) is 1.50. The van der Waals surface area contributed by atoms with Crippen LogP contribution in [0, 0.1) is 40.9 Å². The van der Waals surface area contributed by atoms with Crippen molar-refractivity contribution in [2.45, 2.75) is 80.6 Å². The molecule has 0 aromatic rings. The van der Waals surface area contributed by atoms with Crippen molar-refractivity contribution in [1.82, 2.24) is 0 Å². The second kappa shape index (κ2) is 9.43. The summed E-state index contributed by atoms with van der Waals surface area (Å²) in [5, 5.41) is 0. The van der Waals surface area contributed by atoms with Gasteiger partial charge in [-0.1, -0.05) is 46.8 Å². The van der Waals surface area contributed by atoms with Gasteiger partial charge in [0.05, 0.1) is 6.61 Å². The third-order valence-corrected chi connectivity index (χ3v) is 7.54. The Morgan fingerprint density at radius 3 is 2.15 bits per heavy atom. The molecule has 154 valence electrons. The van der Waals surface area contributed by atoms with Crippen molar-refractivity contribution in [1.29, 1.82) is 0 Å². The lowest BCUT2D eigenvalue weighted by molar-refractivity contribution is -0.137. The molecule has 0 aromatic carbocycles. The maximum Gasteiger partial charge on any atom is 0.330 e. The van der Waals surface area contributed by atoms with E-state index in [1.807, 2.05) is 13.8 Å². The first-order valence-corrected chi connectivity index (χ1v) is 11.3. The Bertz CT molecular complexity index is 541. The van der Waals surface area contributed by atoms with Crippen LogP contribution in [-0.2, 0) is 9.53 Å². The summed E-state index contributed by atoms with van der Waals surface area (Å²) in [6, 6.07) is 0. The fourth-order valence-electron chi connectivity index (χ4n) is 5.43. The van der Waals surface area contributed by atoms with Crippen LogP contribution < -0.4 is 0 Å². The van der Waals surface area contributed by atoms with Crippen molar-refractivity contribution in [2.75, 3.05) is 6.61 Å². The highest BCUT2D eigenvalue weighted by Crippen LogP contribution is 2.65. The summed E-state index contributed by atoms with van der Waals surface area (Å²) >= 11 is 0. The van der Waals surface area contributed by atoms with Gasteiger partial charge >= 0.3 is 5.97 Å². The van der Waals surface area contributed by atoms with Crippen LogP contribution in [0.2, 0.25) is 0 Å². The minimum absolute atomic E-state index is 0.232. The standard InChI is InChI=1S/C25H42O2/c1-8-25(16-22(25)11-10-19(7)12-24(26)27-9-2)23-14-20(17(3)4)13-21(15-23)18(5)6/h10-12,17-18,20-23H,8-9,13-16H2,1-7H3/b11-10+,19-12+. The van der Waals surface area contributed by atoms with E-state index in [4.69, 9.17) is 4.74 Å². The van der Waals surface area contributed by atoms with Crippen LogP contribution in [0.3, 0.4) is 0 Å². The van der Waals surface area contributed by atoms with Gasteiger partial charge in [-0.25, -0.2) is 4.79 Å². The topological polar surface area (TPSA) is 26.3 Å². The van der Waals surface area contributed by atoms with Gasteiger partial charge in [0.15, 0.2) is 0 Å². The average molecular weight is 375 g/mol. The van der Waals surface area contributed by atoms with E-state index in [-0.39, 0.29) is 5.97 Å². The molecular weight excluding hydrogens is 332 g/mol. The summed E-state index contributed by atoms with van der Waals surface area (Å²) in [5.74, 6) is 4.67. The van der Waals surface area contributed by atoms with E-state index < -0.39 is 0 Å². The monoisotopic (exact) mass is 374 g/mol. The number of esters is 1. The van der Waals surface area contributed by atoms with Crippen LogP contribution in [0.5, 0.6) is 0 Å². The van der Waals surface area contributed by atoms with Gasteiger partial charge in [0.1, 0.15) is 0 Å². The Kier molecular flexibility index (Phi) is 7.77. The summed E-state index contributed by atoms with van der Waals surface area (Å²) in [4.78, 5) is 11.6. The van der Waals surface area contributed by atoms with E-state index in [9.17, 15) is 4.79 Å². The third kappa shape index (κ3) is 5.48. The molecule has 0 spiro atoms. The van der Waals surface area contributed by atoms with E-state index in [0.29, 0.717) is 17.9 Å². The number of allylic oxidation sites excluding steroid dienone is 3. The quantitative estimate of drug-likeness (QED) is 0.265. The van der Waals surface area contributed by atoms with Gasteiger partial charge in [-0.3, -0.25) is 0 Å². The second-order valence-corrected chi connectivity index (χ2v) is 9.81. The largest absolute Gasteiger partial charge is 0.463 e. The van der Waals surface area contributed by atoms with Gasteiger partial charge in [0, 0.05) is 6.08 Å². The predicted octanol–water partition coefficient (Wildman–Crippen LogP) is 6.81. The fraction of sp³-hybridized carbons (Fsp3) is 0.800. The second-order valence-electron chi connectivity index (χ2n) is 9.81. The summed E-state index contributed by atoms with van der Waals surface area (Å²) in [7, 11) is 0. The average Bonchev–Trinajstić information content (AvgIpc) is 3.34. The zero-order chi connectivity index (χ0) is 20.2. The molecule has 0 heterocycles.